The molecule has 1 fully saturated rings. The number of halogens is 3. The maximum atomic E-state index is 15.0. The molecule has 0 aromatic heterocycles. The molecule has 0 saturated heterocycles. The van der Waals surface area contributed by atoms with Crippen LogP contribution < -0.4 is 9.47 Å². The van der Waals surface area contributed by atoms with E-state index in [1.165, 1.54) is 31.7 Å². The van der Waals surface area contributed by atoms with Crippen LogP contribution in [0, 0.1) is 23.4 Å². The van der Waals surface area contributed by atoms with Gasteiger partial charge in [-0.1, -0.05) is 62.9 Å². The minimum Gasteiger partial charge on any atom is -0.491 e. The van der Waals surface area contributed by atoms with E-state index in [-0.39, 0.29) is 23.8 Å². The molecule has 1 aliphatic rings. The molecule has 1 aliphatic carbocycles. The van der Waals surface area contributed by atoms with E-state index < -0.39 is 17.5 Å². The SMILES string of the molecule is CCCCCC1CCC(c2ccc(COc3ccc(-c4ccc(OCC)c(F)c4)cc3)c(F)c2F)CC1. The monoisotopic (exact) mass is 510 g/mol. The topological polar surface area (TPSA) is 18.5 Å². The molecule has 1 saturated carbocycles. The summed E-state index contributed by atoms with van der Waals surface area (Å²) in [4.78, 5) is 0. The van der Waals surface area contributed by atoms with Gasteiger partial charge >= 0.3 is 0 Å². The Labute approximate surface area is 218 Å². The molecule has 37 heavy (non-hydrogen) atoms. The molecule has 0 atom stereocenters. The highest BCUT2D eigenvalue weighted by atomic mass is 19.2. The summed E-state index contributed by atoms with van der Waals surface area (Å²) in [6, 6.07) is 15.3. The molecule has 4 rings (SSSR count). The maximum absolute atomic E-state index is 15.0. The Morgan fingerprint density at radius 2 is 1.49 bits per heavy atom. The fourth-order valence-corrected chi connectivity index (χ4v) is 5.33. The van der Waals surface area contributed by atoms with Crippen LogP contribution in [0.4, 0.5) is 13.2 Å². The van der Waals surface area contributed by atoms with Crippen molar-refractivity contribution in [3.63, 3.8) is 0 Å². The third kappa shape index (κ3) is 6.88. The molecule has 198 valence electrons. The van der Waals surface area contributed by atoms with Gasteiger partial charge < -0.3 is 9.47 Å². The van der Waals surface area contributed by atoms with E-state index >= 15 is 0 Å². The van der Waals surface area contributed by atoms with Gasteiger partial charge in [-0.05, 0) is 85.4 Å². The molecular weight excluding hydrogens is 473 g/mol. The Kier molecular flexibility index (Phi) is 9.54. The smallest absolute Gasteiger partial charge is 0.165 e. The van der Waals surface area contributed by atoms with Gasteiger partial charge in [0, 0.05) is 5.56 Å². The van der Waals surface area contributed by atoms with Gasteiger partial charge in [-0.15, -0.1) is 0 Å². The summed E-state index contributed by atoms with van der Waals surface area (Å²) in [6.07, 6.45) is 9.07. The number of ether oxygens (including phenoxy) is 2. The molecule has 0 heterocycles. The second kappa shape index (κ2) is 13.0. The van der Waals surface area contributed by atoms with E-state index in [2.05, 4.69) is 6.92 Å². The van der Waals surface area contributed by atoms with Crippen molar-refractivity contribution in [2.75, 3.05) is 6.61 Å². The molecule has 0 radical (unpaired) electrons. The quantitative estimate of drug-likeness (QED) is 0.239. The third-order valence-electron chi connectivity index (χ3n) is 7.51. The fourth-order valence-electron chi connectivity index (χ4n) is 5.33. The minimum absolute atomic E-state index is 0.0652. The summed E-state index contributed by atoms with van der Waals surface area (Å²) in [5.74, 6) is -0.398. The summed E-state index contributed by atoms with van der Waals surface area (Å²) >= 11 is 0. The number of hydrogen-bond acceptors (Lipinski definition) is 2. The van der Waals surface area contributed by atoms with Crippen molar-refractivity contribution in [2.24, 2.45) is 5.92 Å². The largest absolute Gasteiger partial charge is 0.491 e. The van der Waals surface area contributed by atoms with Gasteiger partial charge in [-0.3, -0.25) is 0 Å². The van der Waals surface area contributed by atoms with E-state index in [4.69, 9.17) is 9.47 Å². The van der Waals surface area contributed by atoms with Crippen molar-refractivity contribution in [1.82, 2.24) is 0 Å². The summed E-state index contributed by atoms with van der Waals surface area (Å²) in [5.41, 5.74) is 2.23. The summed E-state index contributed by atoms with van der Waals surface area (Å²) < 4.78 is 55.1. The summed E-state index contributed by atoms with van der Waals surface area (Å²) in [5, 5.41) is 0. The lowest BCUT2D eigenvalue weighted by atomic mass is 9.76. The lowest BCUT2D eigenvalue weighted by Crippen LogP contribution is -2.15. The highest BCUT2D eigenvalue weighted by Gasteiger charge is 2.26. The number of rotatable bonds is 11. The van der Waals surface area contributed by atoms with Gasteiger partial charge in [-0.2, -0.15) is 0 Å². The van der Waals surface area contributed by atoms with Crippen molar-refractivity contribution in [3.8, 4) is 22.6 Å². The zero-order valence-corrected chi connectivity index (χ0v) is 21.9. The van der Waals surface area contributed by atoms with Gasteiger partial charge in [-0.25, -0.2) is 13.2 Å². The standard InChI is InChI=1S/C32H37F3O2/c1-3-5-6-7-22-8-10-24(11-9-22)28-18-14-26(31(34)32(28)35)21-37-27-16-12-23(13-17-27)25-15-19-30(36-4-2)29(33)20-25/h12-20,22,24H,3-11,21H2,1-2H3. The van der Waals surface area contributed by atoms with Crippen LogP contribution in [0.15, 0.2) is 54.6 Å². The third-order valence-corrected chi connectivity index (χ3v) is 7.51. The van der Waals surface area contributed by atoms with Crippen LogP contribution in [-0.4, -0.2) is 6.61 Å². The van der Waals surface area contributed by atoms with E-state index in [1.807, 2.05) is 19.1 Å². The van der Waals surface area contributed by atoms with Crippen molar-refractivity contribution >= 4 is 0 Å². The van der Waals surface area contributed by atoms with Crippen LogP contribution in [0.5, 0.6) is 11.5 Å². The van der Waals surface area contributed by atoms with Crippen LogP contribution in [0.1, 0.15) is 82.3 Å². The number of unbranched alkanes of at least 4 members (excludes halogenated alkanes) is 2. The first-order valence-corrected chi connectivity index (χ1v) is 13.6. The van der Waals surface area contributed by atoms with Crippen LogP contribution in [0.2, 0.25) is 0 Å². The molecule has 2 nitrogen and oxygen atoms in total. The maximum Gasteiger partial charge on any atom is 0.165 e. The van der Waals surface area contributed by atoms with Gasteiger partial charge in [0.1, 0.15) is 12.4 Å². The molecule has 0 N–H and O–H groups in total. The van der Waals surface area contributed by atoms with E-state index in [0.29, 0.717) is 23.5 Å². The minimum atomic E-state index is -0.816. The highest BCUT2D eigenvalue weighted by molar-refractivity contribution is 5.65. The highest BCUT2D eigenvalue weighted by Crippen LogP contribution is 2.39. The molecule has 3 aromatic rings. The molecule has 0 unspecified atom stereocenters. The van der Waals surface area contributed by atoms with Gasteiger partial charge in [0.2, 0.25) is 0 Å². The second-order valence-corrected chi connectivity index (χ2v) is 10.0. The normalized spacial score (nSPS) is 17.5. The second-order valence-electron chi connectivity index (χ2n) is 10.0. The first kappa shape index (κ1) is 27.1. The predicted octanol–water partition coefficient (Wildman–Crippen LogP) is 9.60. The average molecular weight is 511 g/mol. The Morgan fingerprint density at radius 1 is 0.757 bits per heavy atom. The van der Waals surface area contributed by atoms with E-state index in [0.717, 1.165) is 37.2 Å². The van der Waals surface area contributed by atoms with Crippen LogP contribution in [0.3, 0.4) is 0 Å². The predicted molar refractivity (Wildman–Crippen MR) is 143 cm³/mol. The van der Waals surface area contributed by atoms with Crippen LogP contribution in [0.25, 0.3) is 11.1 Å². The molecule has 0 spiro atoms. The lowest BCUT2D eigenvalue weighted by molar-refractivity contribution is 0.290. The average Bonchev–Trinajstić information content (AvgIpc) is 2.92. The Balaban J connectivity index is 1.34. The molecule has 3 aromatic carbocycles. The van der Waals surface area contributed by atoms with E-state index in [1.54, 1.807) is 36.4 Å². The van der Waals surface area contributed by atoms with Crippen LogP contribution >= 0.6 is 0 Å². The number of hydrogen-bond donors (Lipinski definition) is 0. The van der Waals surface area contributed by atoms with Crippen molar-refractivity contribution in [1.29, 1.82) is 0 Å². The van der Waals surface area contributed by atoms with Gasteiger partial charge in [0.25, 0.3) is 0 Å². The Hall–Kier alpha value is -2.95. The van der Waals surface area contributed by atoms with Gasteiger partial charge in [0.15, 0.2) is 23.2 Å². The van der Waals surface area contributed by atoms with Crippen molar-refractivity contribution < 1.29 is 22.6 Å². The molecule has 0 aliphatic heterocycles. The zero-order valence-electron chi connectivity index (χ0n) is 21.9. The first-order chi connectivity index (χ1) is 18.0. The lowest BCUT2D eigenvalue weighted by Gasteiger charge is -2.29. The fraction of sp³-hybridized carbons (Fsp3) is 0.438. The van der Waals surface area contributed by atoms with Crippen molar-refractivity contribution in [2.45, 2.75) is 77.7 Å². The summed E-state index contributed by atoms with van der Waals surface area (Å²) in [6.45, 7) is 4.36. The Morgan fingerprint density at radius 3 is 2.16 bits per heavy atom. The van der Waals surface area contributed by atoms with Gasteiger partial charge in [0.05, 0.1) is 6.61 Å². The molecular formula is C32H37F3O2. The summed E-state index contributed by atoms with van der Waals surface area (Å²) in [7, 11) is 0. The number of benzene rings is 3. The molecule has 0 amide bonds. The van der Waals surface area contributed by atoms with Crippen molar-refractivity contribution in [3.05, 3.63) is 83.2 Å². The zero-order chi connectivity index (χ0) is 26.2. The molecule has 5 heteroatoms. The first-order valence-electron chi connectivity index (χ1n) is 13.6. The molecule has 0 bridgehead atoms. The van der Waals surface area contributed by atoms with E-state index in [9.17, 15) is 13.2 Å². The Bertz CT molecular complexity index is 1150. The van der Waals surface area contributed by atoms with Crippen LogP contribution in [-0.2, 0) is 6.61 Å².